The lowest BCUT2D eigenvalue weighted by atomic mass is 10.0. The predicted molar refractivity (Wildman–Crippen MR) is 99.5 cm³/mol. The zero-order valence-electron chi connectivity index (χ0n) is 14.9. The van der Waals surface area contributed by atoms with Crippen LogP contribution in [-0.2, 0) is 4.79 Å². The van der Waals surface area contributed by atoms with Gasteiger partial charge in [0.15, 0.2) is 0 Å². The van der Waals surface area contributed by atoms with Crippen molar-refractivity contribution in [2.75, 3.05) is 20.2 Å². The van der Waals surface area contributed by atoms with Crippen molar-refractivity contribution in [2.45, 2.75) is 31.8 Å². The molecule has 25 heavy (non-hydrogen) atoms. The molecule has 1 aliphatic heterocycles. The van der Waals surface area contributed by atoms with Crippen molar-refractivity contribution in [3.63, 3.8) is 0 Å². The molecule has 0 saturated carbocycles. The SMILES string of the molecule is COc1ccc([C@@H]2CCCN2CC(=O)N[C@H](C)c2ccccc2)cc1. The Hall–Kier alpha value is -2.33. The van der Waals surface area contributed by atoms with Crippen LogP contribution in [-0.4, -0.2) is 31.0 Å². The van der Waals surface area contributed by atoms with Crippen LogP contribution in [0, 0.1) is 0 Å². The largest absolute Gasteiger partial charge is 0.497 e. The maximum atomic E-state index is 12.5. The quantitative estimate of drug-likeness (QED) is 0.873. The fourth-order valence-electron chi connectivity index (χ4n) is 3.52. The third kappa shape index (κ3) is 4.40. The van der Waals surface area contributed by atoms with Gasteiger partial charge >= 0.3 is 0 Å². The van der Waals surface area contributed by atoms with Gasteiger partial charge in [0.05, 0.1) is 19.7 Å². The molecule has 0 radical (unpaired) electrons. The number of likely N-dealkylation sites (tertiary alicyclic amines) is 1. The van der Waals surface area contributed by atoms with Crippen molar-refractivity contribution in [1.29, 1.82) is 0 Å². The summed E-state index contributed by atoms with van der Waals surface area (Å²) in [5.74, 6) is 0.944. The first kappa shape index (κ1) is 17.5. The summed E-state index contributed by atoms with van der Waals surface area (Å²) in [6.45, 7) is 3.43. The molecule has 1 aliphatic rings. The summed E-state index contributed by atoms with van der Waals surface area (Å²) in [7, 11) is 1.68. The van der Waals surface area contributed by atoms with Crippen LogP contribution >= 0.6 is 0 Å². The fraction of sp³-hybridized carbons (Fsp3) is 0.381. The minimum Gasteiger partial charge on any atom is -0.497 e. The molecular formula is C21H26N2O2. The van der Waals surface area contributed by atoms with Crippen molar-refractivity contribution < 1.29 is 9.53 Å². The van der Waals surface area contributed by atoms with Crippen LogP contribution in [0.4, 0.5) is 0 Å². The molecule has 132 valence electrons. The normalized spacial score (nSPS) is 18.7. The van der Waals surface area contributed by atoms with E-state index in [9.17, 15) is 4.79 Å². The third-order valence-electron chi connectivity index (χ3n) is 4.89. The van der Waals surface area contributed by atoms with Crippen molar-refractivity contribution in [1.82, 2.24) is 10.2 Å². The van der Waals surface area contributed by atoms with Crippen molar-refractivity contribution in [2.24, 2.45) is 0 Å². The summed E-state index contributed by atoms with van der Waals surface area (Å²) < 4.78 is 5.23. The third-order valence-corrected chi connectivity index (χ3v) is 4.89. The Labute approximate surface area is 149 Å². The minimum atomic E-state index is 0.0238. The Balaban J connectivity index is 1.59. The van der Waals surface area contributed by atoms with E-state index in [4.69, 9.17) is 4.74 Å². The van der Waals surface area contributed by atoms with Crippen molar-refractivity contribution >= 4 is 5.91 Å². The number of nitrogens with zero attached hydrogens (tertiary/aromatic N) is 1. The molecule has 2 aromatic rings. The molecule has 4 heteroatoms. The van der Waals surface area contributed by atoms with Gasteiger partial charge in [0.2, 0.25) is 5.91 Å². The number of methoxy groups -OCH3 is 1. The van der Waals surface area contributed by atoms with E-state index in [1.54, 1.807) is 7.11 Å². The summed E-state index contributed by atoms with van der Waals surface area (Å²) in [6.07, 6.45) is 2.21. The first-order valence-electron chi connectivity index (χ1n) is 8.89. The maximum Gasteiger partial charge on any atom is 0.234 e. The Morgan fingerprint density at radius 2 is 1.92 bits per heavy atom. The lowest BCUT2D eigenvalue weighted by Crippen LogP contribution is -2.38. The van der Waals surface area contributed by atoms with Gasteiger partial charge < -0.3 is 10.1 Å². The summed E-state index contributed by atoms with van der Waals surface area (Å²) in [4.78, 5) is 14.8. The smallest absolute Gasteiger partial charge is 0.234 e. The molecular weight excluding hydrogens is 312 g/mol. The Morgan fingerprint density at radius 1 is 1.20 bits per heavy atom. The topological polar surface area (TPSA) is 41.6 Å². The minimum absolute atomic E-state index is 0.0238. The predicted octanol–water partition coefficient (Wildman–Crippen LogP) is 3.71. The van der Waals surface area contributed by atoms with Crippen LogP contribution in [0.3, 0.4) is 0 Å². The highest BCUT2D eigenvalue weighted by molar-refractivity contribution is 5.78. The van der Waals surface area contributed by atoms with Crippen molar-refractivity contribution in [3.05, 3.63) is 65.7 Å². The zero-order chi connectivity index (χ0) is 17.6. The fourth-order valence-corrected chi connectivity index (χ4v) is 3.52. The van der Waals surface area contributed by atoms with Crippen LogP contribution in [0.1, 0.15) is 43.0 Å². The van der Waals surface area contributed by atoms with Gasteiger partial charge in [-0.05, 0) is 49.6 Å². The number of rotatable bonds is 6. The number of carbonyl (C=O) groups is 1. The van der Waals surface area contributed by atoms with E-state index >= 15 is 0 Å². The van der Waals surface area contributed by atoms with Gasteiger partial charge in [0.1, 0.15) is 5.75 Å². The number of ether oxygens (including phenoxy) is 1. The van der Waals surface area contributed by atoms with E-state index in [-0.39, 0.29) is 11.9 Å². The summed E-state index contributed by atoms with van der Waals surface area (Å²) >= 11 is 0. The molecule has 4 nitrogen and oxygen atoms in total. The van der Waals surface area contributed by atoms with Gasteiger partial charge in [-0.25, -0.2) is 0 Å². The van der Waals surface area contributed by atoms with E-state index in [1.165, 1.54) is 5.56 Å². The molecule has 0 aromatic heterocycles. The second-order valence-electron chi connectivity index (χ2n) is 6.60. The Kier molecular flexibility index (Phi) is 5.71. The van der Waals surface area contributed by atoms with E-state index < -0.39 is 0 Å². The van der Waals surface area contributed by atoms with Crippen LogP contribution in [0.25, 0.3) is 0 Å². The molecule has 3 rings (SSSR count). The van der Waals surface area contributed by atoms with Crippen LogP contribution in [0.5, 0.6) is 5.75 Å². The van der Waals surface area contributed by atoms with Crippen LogP contribution < -0.4 is 10.1 Å². The van der Waals surface area contributed by atoms with Gasteiger partial charge in [-0.1, -0.05) is 42.5 Å². The Bertz CT molecular complexity index is 685. The van der Waals surface area contributed by atoms with E-state index in [0.29, 0.717) is 12.6 Å². The van der Waals surface area contributed by atoms with Crippen LogP contribution in [0.2, 0.25) is 0 Å². The highest BCUT2D eigenvalue weighted by Gasteiger charge is 2.27. The number of amides is 1. The molecule has 2 atom stereocenters. The average molecular weight is 338 g/mol. The number of hydrogen-bond donors (Lipinski definition) is 1. The highest BCUT2D eigenvalue weighted by Crippen LogP contribution is 2.32. The van der Waals surface area contributed by atoms with Gasteiger partial charge in [-0.15, -0.1) is 0 Å². The van der Waals surface area contributed by atoms with E-state index in [1.807, 2.05) is 49.4 Å². The molecule has 1 heterocycles. The molecule has 0 unspecified atom stereocenters. The maximum absolute atomic E-state index is 12.5. The van der Waals surface area contributed by atoms with Gasteiger partial charge in [0, 0.05) is 6.04 Å². The summed E-state index contributed by atoms with van der Waals surface area (Å²) in [6, 6.07) is 18.6. The van der Waals surface area contributed by atoms with Crippen LogP contribution in [0.15, 0.2) is 54.6 Å². The second kappa shape index (κ2) is 8.17. The molecule has 1 saturated heterocycles. The van der Waals surface area contributed by atoms with E-state index in [2.05, 4.69) is 22.3 Å². The summed E-state index contributed by atoms with van der Waals surface area (Å²) in [5, 5.41) is 3.11. The lowest BCUT2D eigenvalue weighted by Gasteiger charge is -2.25. The lowest BCUT2D eigenvalue weighted by molar-refractivity contribution is -0.123. The number of benzene rings is 2. The first-order chi connectivity index (χ1) is 12.2. The monoisotopic (exact) mass is 338 g/mol. The number of carbonyl (C=O) groups excluding carboxylic acids is 1. The highest BCUT2D eigenvalue weighted by atomic mass is 16.5. The van der Waals surface area contributed by atoms with Gasteiger partial charge in [-0.3, -0.25) is 9.69 Å². The van der Waals surface area contributed by atoms with Gasteiger partial charge in [0.25, 0.3) is 0 Å². The first-order valence-corrected chi connectivity index (χ1v) is 8.89. The molecule has 1 fully saturated rings. The van der Waals surface area contributed by atoms with E-state index in [0.717, 1.165) is 30.7 Å². The zero-order valence-corrected chi connectivity index (χ0v) is 14.9. The number of nitrogens with one attached hydrogen (secondary N) is 1. The molecule has 0 bridgehead atoms. The average Bonchev–Trinajstić information content (AvgIpc) is 3.10. The standard InChI is InChI=1S/C21H26N2O2/c1-16(17-7-4-3-5-8-17)22-21(24)15-23-14-6-9-20(23)18-10-12-19(25-2)13-11-18/h3-5,7-8,10-13,16,20H,6,9,14-15H2,1-2H3,(H,22,24)/t16-,20+/m1/s1. The molecule has 2 aromatic carbocycles. The number of hydrogen-bond acceptors (Lipinski definition) is 3. The molecule has 0 spiro atoms. The molecule has 0 aliphatic carbocycles. The molecule has 1 amide bonds. The second-order valence-corrected chi connectivity index (χ2v) is 6.60. The van der Waals surface area contributed by atoms with Gasteiger partial charge in [-0.2, -0.15) is 0 Å². The summed E-state index contributed by atoms with van der Waals surface area (Å²) in [5.41, 5.74) is 2.38. The Morgan fingerprint density at radius 3 is 2.60 bits per heavy atom. The molecule has 1 N–H and O–H groups in total. The van der Waals surface area contributed by atoms with Crippen molar-refractivity contribution in [3.8, 4) is 5.75 Å².